The van der Waals surface area contributed by atoms with Crippen LogP contribution in [0, 0.1) is 5.41 Å². The number of benzene rings is 6. The van der Waals surface area contributed by atoms with Crippen LogP contribution in [0.1, 0.15) is 71.1 Å². The lowest BCUT2D eigenvalue weighted by Gasteiger charge is -2.53. The number of hydrogen-bond acceptors (Lipinski definition) is 8. The van der Waals surface area contributed by atoms with Gasteiger partial charge in [-0.15, -0.1) is 0 Å². The van der Waals surface area contributed by atoms with Gasteiger partial charge in [0.2, 0.25) is 11.8 Å². The van der Waals surface area contributed by atoms with Crippen molar-refractivity contribution in [2.24, 2.45) is 11.1 Å². The van der Waals surface area contributed by atoms with Crippen molar-refractivity contribution >= 4 is 11.8 Å². The maximum absolute atomic E-state index is 16.7. The van der Waals surface area contributed by atoms with Crippen LogP contribution in [0.4, 0.5) is 0 Å². The molecule has 10 nitrogen and oxygen atoms in total. The molecule has 0 heterocycles. The van der Waals surface area contributed by atoms with Gasteiger partial charge in [0.15, 0.2) is 0 Å². The molecule has 4 N–H and O–H groups in total. The van der Waals surface area contributed by atoms with E-state index in [1.807, 2.05) is 60.7 Å². The molecule has 0 saturated heterocycles. The summed E-state index contributed by atoms with van der Waals surface area (Å²) in [5, 5.41) is 29.0. The quantitative estimate of drug-likeness (QED) is 0.0830. The zero-order valence-electron chi connectivity index (χ0n) is 34.9. The number of hydrogen-bond donors (Lipinski definition) is 3. The van der Waals surface area contributed by atoms with Crippen LogP contribution in [0.25, 0.3) is 0 Å². The van der Waals surface area contributed by atoms with Gasteiger partial charge in [0, 0.05) is 22.3 Å². The smallest absolute Gasteiger partial charge is 0.239 e. The van der Waals surface area contributed by atoms with Gasteiger partial charge in [0.05, 0.1) is 40.5 Å². The molecule has 1 aliphatic carbocycles. The molecule has 0 radical (unpaired) electrons. The summed E-state index contributed by atoms with van der Waals surface area (Å²) in [4.78, 5) is 32.3. The van der Waals surface area contributed by atoms with Gasteiger partial charge in [-0.05, 0) is 48.2 Å². The van der Waals surface area contributed by atoms with E-state index in [1.54, 1.807) is 97.1 Å². The fraction of sp³-hybridized carbons (Fsp3) is 0.255. The van der Waals surface area contributed by atoms with Gasteiger partial charge in [0.25, 0.3) is 0 Å². The fourth-order valence-corrected chi connectivity index (χ4v) is 9.37. The highest BCUT2D eigenvalue weighted by Crippen LogP contribution is 2.59. The van der Waals surface area contributed by atoms with Crippen molar-refractivity contribution in [2.45, 2.75) is 49.0 Å². The fourth-order valence-electron chi connectivity index (χ4n) is 9.37. The van der Waals surface area contributed by atoms with Crippen molar-refractivity contribution < 1.29 is 38.7 Å². The number of methoxy groups -OCH3 is 4. The van der Waals surface area contributed by atoms with E-state index in [4.69, 9.17) is 24.7 Å². The summed E-state index contributed by atoms with van der Waals surface area (Å²) in [5.41, 5.74) is 2.27. The number of amides is 2. The molecule has 0 bridgehead atoms. The summed E-state index contributed by atoms with van der Waals surface area (Å²) >= 11 is 0. The van der Waals surface area contributed by atoms with Crippen molar-refractivity contribution in [1.82, 2.24) is 4.90 Å². The second-order valence-corrected chi connectivity index (χ2v) is 15.3. The van der Waals surface area contributed by atoms with Gasteiger partial charge in [-0.2, -0.15) is 0 Å². The van der Waals surface area contributed by atoms with Crippen LogP contribution in [-0.2, 0) is 20.8 Å². The van der Waals surface area contributed by atoms with Crippen molar-refractivity contribution in [2.75, 3.05) is 28.4 Å². The van der Waals surface area contributed by atoms with E-state index in [-0.39, 0.29) is 35.1 Å². The Kier molecular flexibility index (Phi) is 12.5. The number of nitrogens with two attached hydrogens (primary N) is 1. The molecule has 7 rings (SSSR count). The lowest BCUT2D eigenvalue weighted by molar-refractivity contribution is -0.168. The third-order valence-electron chi connectivity index (χ3n) is 12.2. The number of carbonyl (C=O) groups is 2. The van der Waals surface area contributed by atoms with Crippen molar-refractivity contribution in [1.29, 1.82) is 0 Å². The van der Waals surface area contributed by atoms with Crippen LogP contribution < -0.4 is 24.7 Å². The lowest BCUT2D eigenvalue weighted by atomic mass is 9.70. The van der Waals surface area contributed by atoms with E-state index in [9.17, 15) is 15.0 Å². The molecule has 0 aromatic heterocycles. The minimum atomic E-state index is -2.25. The Morgan fingerprint density at radius 1 is 0.508 bits per heavy atom. The first-order chi connectivity index (χ1) is 29.6. The summed E-state index contributed by atoms with van der Waals surface area (Å²) in [5.74, 6) is -0.209. The molecule has 0 spiro atoms. The number of carbonyl (C=O) groups excluding carboxylic acids is 2. The van der Waals surface area contributed by atoms with Gasteiger partial charge in [-0.1, -0.05) is 146 Å². The summed E-state index contributed by atoms with van der Waals surface area (Å²) in [6, 6.07) is 43.5. The standard InChI is InChI=1S/C51H52N2O8/c1-58-41-29-15-11-25-37(41)50(56,38-26-12-16-30-42(38)59-2)45(35-21-7-5-8-22-35)53(48(55)49(47(52)54)33-19-20-34-49)46(36-23-9-6-10-24-36)51(57,39-27-13-17-31-43(39)60-3)40-28-14-18-32-44(40)61-4/h5-18,21-32,45-46,56-57H,19-20,33-34H2,1-4H3,(H2,52,54). The van der Waals surface area contributed by atoms with E-state index >= 15 is 4.79 Å². The molecule has 6 aromatic carbocycles. The average molecular weight is 821 g/mol. The summed E-state index contributed by atoms with van der Waals surface area (Å²) in [6.07, 6.45) is 1.43. The molecule has 2 amide bonds. The minimum Gasteiger partial charge on any atom is -0.496 e. The SMILES string of the molecule is COc1ccccc1C(O)(c1ccccc1OC)C(c1ccccc1)N(C(=O)C1(C(N)=O)CCCC1)C(c1ccccc1)C(O)(c1ccccc1OC)c1ccccc1OC. The van der Waals surface area contributed by atoms with Crippen molar-refractivity contribution in [3.8, 4) is 23.0 Å². The first-order valence-corrected chi connectivity index (χ1v) is 20.3. The highest BCUT2D eigenvalue weighted by atomic mass is 16.5. The van der Waals surface area contributed by atoms with Crippen LogP contribution in [0.15, 0.2) is 158 Å². The summed E-state index contributed by atoms with van der Waals surface area (Å²) < 4.78 is 24.1. The molecular formula is C51H52N2O8. The molecule has 314 valence electrons. The normalized spacial score (nSPS) is 14.7. The predicted octanol–water partition coefficient (Wildman–Crippen LogP) is 8.25. The predicted molar refractivity (Wildman–Crippen MR) is 233 cm³/mol. The largest absolute Gasteiger partial charge is 0.496 e. The maximum Gasteiger partial charge on any atom is 0.239 e. The first-order valence-electron chi connectivity index (χ1n) is 20.3. The topological polar surface area (TPSA) is 141 Å². The molecule has 2 atom stereocenters. The Morgan fingerprint density at radius 2 is 0.787 bits per heavy atom. The van der Waals surface area contributed by atoms with Crippen LogP contribution >= 0.6 is 0 Å². The van der Waals surface area contributed by atoms with E-state index in [1.165, 1.54) is 33.3 Å². The van der Waals surface area contributed by atoms with Gasteiger partial charge in [-0.25, -0.2) is 0 Å². The highest BCUT2D eigenvalue weighted by Gasteiger charge is 2.61. The average Bonchev–Trinajstić information content (AvgIpc) is 3.83. The lowest BCUT2D eigenvalue weighted by Crippen LogP contribution is -2.59. The zero-order valence-corrected chi connectivity index (χ0v) is 34.9. The Hall–Kier alpha value is -6.62. The molecule has 0 aliphatic heterocycles. The number of primary amides is 1. The van der Waals surface area contributed by atoms with E-state index < -0.39 is 40.5 Å². The van der Waals surface area contributed by atoms with Crippen LogP contribution in [0.2, 0.25) is 0 Å². The molecule has 10 heteroatoms. The van der Waals surface area contributed by atoms with Gasteiger partial charge >= 0.3 is 0 Å². The third kappa shape index (κ3) is 7.36. The second-order valence-electron chi connectivity index (χ2n) is 15.3. The molecule has 1 aliphatic rings. The molecule has 2 unspecified atom stereocenters. The van der Waals surface area contributed by atoms with Crippen LogP contribution in [0.5, 0.6) is 23.0 Å². The van der Waals surface area contributed by atoms with Gasteiger partial charge in [0.1, 0.15) is 39.6 Å². The molecule has 6 aromatic rings. The molecule has 1 fully saturated rings. The van der Waals surface area contributed by atoms with Gasteiger partial charge in [-0.3, -0.25) is 9.59 Å². The highest BCUT2D eigenvalue weighted by molar-refractivity contribution is 6.05. The third-order valence-corrected chi connectivity index (χ3v) is 12.2. The van der Waals surface area contributed by atoms with Crippen LogP contribution in [-0.4, -0.2) is 55.4 Å². The summed E-state index contributed by atoms with van der Waals surface area (Å²) in [6.45, 7) is 0. The minimum absolute atomic E-state index is 0.157. The Morgan fingerprint density at radius 3 is 1.07 bits per heavy atom. The molecular weight excluding hydrogens is 769 g/mol. The maximum atomic E-state index is 16.7. The Labute approximate surface area is 357 Å². The number of nitrogens with zero attached hydrogens (tertiary/aromatic N) is 1. The van der Waals surface area contributed by atoms with E-state index in [2.05, 4.69) is 0 Å². The number of aliphatic hydroxyl groups is 2. The first kappa shape index (κ1) is 42.5. The van der Waals surface area contributed by atoms with E-state index in [0.29, 0.717) is 47.0 Å². The monoisotopic (exact) mass is 820 g/mol. The van der Waals surface area contributed by atoms with Crippen molar-refractivity contribution in [3.05, 3.63) is 191 Å². The second kappa shape index (κ2) is 17.9. The number of rotatable bonds is 16. The Balaban J connectivity index is 1.74. The number of ether oxygens (including phenoxy) is 4. The van der Waals surface area contributed by atoms with Crippen molar-refractivity contribution in [3.63, 3.8) is 0 Å². The molecule has 1 saturated carbocycles. The van der Waals surface area contributed by atoms with Gasteiger partial charge < -0.3 is 39.8 Å². The van der Waals surface area contributed by atoms with E-state index in [0.717, 1.165) is 0 Å². The van der Waals surface area contributed by atoms with Crippen LogP contribution in [0.3, 0.4) is 0 Å². The summed E-state index contributed by atoms with van der Waals surface area (Å²) in [7, 11) is 6.05. The Bertz CT molecular complexity index is 2210. The molecule has 61 heavy (non-hydrogen) atoms. The zero-order chi connectivity index (χ0) is 43.2. The number of para-hydroxylation sites is 4.